The van der Waals surface area contributed by atoms with E-state index in [-0.39, 0.29) is 17.1 Å². The van der Waals surface area contributed by atoms with Crippen LogP contribution in [0.3, 0.4) is 0 Å². The number of nitrogen functional groups attached to an aromatic ring is 1. The van der Waals surface area contributed by atoms with Crippen LogP contribution in [-0.4, -0.2) is 39.4 Å². The number of thioether (sulfide) groups is 1. The van der Waals surface area contributed by atoms with E-state index in [2.05, 4.69) is 15.5 Å². The van der Waals surface area contributed by atoms with Crippen molar-refractivity contribution in [1.82, 2.24) is 10.2 Å². The fraction of sp³-hybridized carbons (Fsp3) is 0.231. The molecule has 1 amide bonds. The lowest BCUT2D eigenvalue weighted by atomic mass is 10.2. The molecule has 1 aromatic carbocycles. The molecule has 10 nitrogen and oxygen atoms in total. The van der Waals surface area contributed by atoms with Gasteiger partial charge in [0, 0.05) is 17.3 Å². The van der Waals surface area contributed by atoms with Gasteiger partial charge in [0.15, 0.2) is 10.9 Å². The van der Waals surface area contributed by atoms with Crippen molar-refractivity contribution in [3.63, 3.8) is 0 Å². The molecule has 0 radical (unpaired) electrons. The zero-order valence-corrected chi connectivity index (χ0v) is 14.6. The van der Waals surface area contributed by atoms with Gasteiger partial charge in [0.2, 0.25) is 5.13 Å². The Morgan fingerprint density at radius 1 is 1.44 bits per heavy atom. The van der Waals surface area contributed by atoms with Crippen LogP contribution in [0.25, 0.3) is 0 Å². The van der Waals surface area contributed by atoms with Gasteiger partial charge in [0.25, 0.3) is 11.6 Å². The Labute approximate surface area is 149 Å². The number of rotatable bonds is 7. The van der Waals surface area contributed by atoms with Crippen molar-refractivity contribution in [2.75, 3.05) is 23.4 Å². The molecule has 0 aliphatic carbocycles. The van der Waals surface area contributed by atoms with Crippen LogP contribution in [0.4, 0.5) is 16.5 Å². The molecule has 25 heavy (non-hydrogen) atoms. The Kier molecular flexibility index (Phi) is 6.25. The van der Waals surface area contributed by atoms with Crippen molar-refractivity contribution in [2.24, 2.45) is 0 Å². The number of aryl methyl sites for hydroxylation is 1. The second-order valence-electron chi connectivity index (χ2n) is 4.66. The maximum absolute atomic E-state index is 11.8. The molecule has 1 heterocycles. The molecule has 2 rings (SSSR count). The molecule has 0 unspecified atom stereocenters. The van der Waals surface area contributed by atoms with E-state index in [0.29, 0.717) is 15.0 Å². The highest BCUT2D eigenvalue weighted by molar-refractivity contribution is 8.01. The highest BCUT2D eigenvalue weighted by Crippen LogP contribution is 2.23. The molecule has 0 fully saturated rings. The fourth-order valence-electron chi connectivity index (χ4n) is 1.67. The summed E-state index contributed by atoms with van der Waals surface area (Å²) in [7, 11) is 0. The Hall–Kier alpha value is -2.73. The molecule has 0 spiro atoms. The summed E-state index contributed by atoms with van der Waals surface area (Å²) in [6.45, 7) is 1.09. The number of nitrogens with one attached hydrogen (secondary N) is 1. The van der Waals surface area contributed by atoms with Gasteiger partial charge in [-0.25, -0.2) is 0 Å². The Morgan fingerprint density at radius 3 is 2.84 bits per heavy atom. The summed E-state index contributed by atoms with van der Waals surface area (Å²) in [6.07, 6.45) is 0. The van der Waals surface area contributed by atoms with Gasteiger partial charge in [-0.3, -0.25) is 19.7 Å². The first-order chi connectivity index (χ1) is 11.8. The molecule has 12 heteroatoms. The summed E-state index contributed by atoms with van der Waals surface area (Å²) in [6, 6.07) is 4.28. The summed E-state index contributed by atoms with van der Waals surface area (Å²) >= 11 is 2.23. The number of carbonyl (C=O) groups excluding carboxylic acids is 2. The molecular weight excluding hydrogens is 370 g/mol. The highest BCUT2D eigenvalue weighted by Gasteiger charge is 2.14. The minimum Gasteiger partial charge on any atom is -0.455 e. The van der Waals surface area contributed by atoms with Gasteiger partial charge in [-0.2, -0.15) is 0 Å². The summed E-state index contributed by atoms with van der Waals surface area (Å²) in [5.74, 6) is -1.25. The lowest BCUT2D eigenvalue weighted by Gasteiger charge is -2.07. The van der Waals surface area contributed by atoms with Gasteiger partial charge in [-0.1, -0.05) is 29.2 Å². The van der Waals surface area contributed by atoms with Crippen LogP contribution in [0, 0.1) is 17.0 Å². The number of nitro groups is 1. The second kappa shape index (κ2) is 8.39. The van der Waals surface area contributed by atoms with Crippen LogP contribution < -0.4 is 11.1 Å². The zero-order valence-electron chi connectivity index (χ0n) is 12.9. The van der Waals surface area contributed by atoms with Crippen LogP contribution in [0.2, 0.25) is 0 Å². The Bertz CT molecular complexity index is 810. The van der Waals surface area contributed by atoms with Gasteiger partial charge in [0.05, 0.1) is 10.7 Å². The third-order valence-corrected chi connectivity index (χ3v) is 4.65. The average Bonchev–Trinajstić information content (AvgIpc) is 2.98. The Balaban J connectivity index is 1.79. The first-order valence-electron chi connectivity index (χ1n) is 6.77. The number of benzene rings is 1. The van der Waals surface area contributed by atoms with E-state index < -0.39 is 23.4 Å². The third-order valence-electron chi connectivity index (χ3n) is 2.79. The van der Waals surface area contributed by atoms with Crippen molar-refractivity contribution in [2.45, 2.75) is 11.3 Å². The van der Waals surface area contributed by atoms with Crippen LogP contribution in [0.1, 0.15) is 5.56 Å². The summed E-state index contributed by atoms with van der Waals surface area (Å²) in [4.78, 5) is 33.7. The number of ether oxygens (including phenoxy) is 1. The van der Waals surface area contributed by atoms with Gasteiger partial charge in [-0.15, -0.1) is 10.2 Å². The van der Waals surface area contributed by atoms with Crippen molar-refractivity contribution in [1.29, 1.82) is 0 Å². The van der Waals surface area contributed by atoms with E-state index in [1.807, 2.05) is 0 Å². The molecule has 3 N–H and O–H groups in total. The fourth-order valence-corrected chi connectivity index (χ4v) is 3.10. The van der Waals surface area contributed by atoms with Crippen molar-refractivity contribution in [3.8, 4) is 0 Å². The molecular formula is C13H13N5O5S2. The zero-order chi connectivity index (χ0) is 18.4. The standard InChI is InChI=1S/C13H13N5O5S2/c1-7-2-3-8(4-9(7)18(21)22)15-10(19)5-23-11(20)6-24-13-17-16-12(14)25-13/h2-4H,5-6H2,1H3,(H2,14,16)(H,15,19). The summed E-state index contributed by atoms with van der Waals surface area (Å²) in [5.41, 5.74) is 6.03. The SMILES string of the molecule is Cc1ccc(NC(=O)COC(=O)CSc2nnc(N)s2)cc1[N+](=O)[O-]. The van der Waals surface area contributed by atoms with Gasteiger partial charge < -0.3 is 15.8 Å². The molecule has 0 aliphatic heterocycles. The molecule has 1 aromatic heterocycles. The lowest BCUT2D eigenvalue weighted by molar-refractivity contribution is -0.385. The first-order valence-corrected chi connectivity index (χ1v) is 8.57. The van der Waals surface area contributed by atoms with Crippen molar-refractivity contribution >= 4 is 51.5 Å². The van der Waals surface area contributed by atoms with Crippen LogP contribution in [-0.2, 0) is 14.3 Å². The highest BCUT2D eigenvalue weighted by atomic mass is 32.2. The average molecular weight is 383 g/mol. The van der Waals surface area contributed by atoms with Crippen LogP contribution in [0.15, 0.2) is 22.5 Å². The first kappa shape index (κ1) is 18.6. The number of anilines is 2. The Morgan fingerprint density at radius 2 is 2.20 bits per heavy atom. The largest absolute Gasteiger partial charge is 0.455 e. The number of carbonyl (C=O) groups is 2. The lowest BCUT2D eigenvalue weighted by Crippen LogP contribution is -2.21. The maximum atomic E-state index is 11.8. The predicted octanol–water partition coefficient (Wildman–Crippen LogP) is 1.61. The number of esters is 1. The molecule has 0 bridgehead atoms. The molecule has 0 aliphatic rings. The van der Waals surface area contributed by atoms with Gasteiger partial charge in [-0.05, 0) is 13.0 Å². The predicted molar refractivity (Wildman–Crippen MR) is 92.5 cm³/mol. The minimum atomic E-state index is -0.608. The molecule has 0 atom stereocenters. The monoisotopic (exact) mass is 383 g/mol. The van der Waals surface area contributed by atoms with Crippen molar-refractivity contribution in [3.05, 3.63) is 33.9 Å². The number of nitrogens with two attached hydrogens (primary N) is 1. The van der Waals surface area contributed by atoms with Gasteiger partial charge in [0.1, 0.15) is 0 Å². The molecule has 0 saturated carbocycles. The molecule has 2 aromatic rings. The summed E-state index contributed by atoms with van der Waals surface area (Å²) < 4.78 is 5.34. The number of nitrogens with zero attached hydrogens (tertiary/aromatic N) is 3. The topological polar surface area (TPSA) is 150 Å². The number of nitro benzene ring substituents is 1. The quantitative estimate of drug-likeness (QED) is 0.314. The van der Waals surface area contributed by atoms with Crippen LogP contribution >= 0.6 is 23.1 Å². The van der Waals surface area contributed by atoms with E-state index in [1.165, 1.54) is 18.2 Å². The van der Waals surface area contributed by atoms with Crippen molar-refractivity contribution < 1.29 is 19.2 Å². The maximum Gasteiger partial charge on any atom is 0.316 e. The van der Waals surface area contributed by atoms with E-state index >= 15 is 0 Å². The van der Waals surface area contributed by atoms with E-state index in [9.17, 15) is 19.7 Å². The summed E-state index contributed by atoms with van der Waals surface area (Å²) in [5, 5.41) is 20.9. The minimum absolute atomic E-state index is 0.0437. The number of hydrogen-bond acceptors (Lipinski definition) is 10. The number of hydrogen-bond donors (Lipinski definition) is 2. The number of aromatic nitrogens is 2. The number of amides is 1. The van der Waals surface area contributed by atoms with Gasteiger partial charge >= 0.3 is 5.97 Å². The van der Waals surface area contributed by atoms with E-state index in [4.69, 9.17) is 10.5 Å². The molecule has 0 saturated heterocycles. The second-order valence-corrected chi connectivity index (χ2v) is 6.89. The smallest absolute Gasteiger partial charge is 0.316 e. The van der Waals surface area contributed by atoms with E-state index in [1.54, 1.807) is 6.92 Å². The van der Waals surface area contributed by atoms with E-state index in [0.717, 1.165) is 23.1 Å². The molecule has 132 valence electrons. The van der Waals surface area contributed by atoms with Crippen LogP contribution in [0.5, 0.6) is 0 Å². The normalized spacial score (nSPS) is 10.3. The third kappa shape index (κ3) is 5.69.